The van der Waals surface area contributed by atoms with E-state index in [1.165, 1.54) is 6.92 Å². The lowest BCUT2D eigenvalue weighted by molar-refractivity contribution is -0.146. The van der Waals surface area contributed by atoms with Gasteiger partial charge < -0.3 is 15.4 Å². The summed E-state index contributed by atoms with van der Waals surface area (Å²) < 4.78 is 0. The molecule has 0 aliphatic rings. The Morgan fingerprint density at radius 2 is 2.38 bits per heavy atom. The summed E-state index contributed by atoms with van der Waals surface area (Å²) >= 11 is 0. The minimum absolute atomic E-state index is 0.452. The molecule has 0 bridgehead atoms. The van der Waals surface area contributed by atoms with Gasteiger partial charge in [0.1, 0.15) is 11.7 Å². The fourth-order valence-electron chi connectivity index (χ4n) is 1.17. The van der Waals surface area contributed by atoms with Gasteiger partial charge in [-0.3, -0.25) is 9.59 Å². The molecule has 0 aliphatic carbocycles. The molecule has 16 heavy (non-hydrogen) atoms. The van der Waals surface area contributed by atoms with Crippen molar-refractivity contribution in [2.45, 2.75) is 19.8 Å². The van der Waals surface area contributed by atoms with Gasteiger partial charge in [0.15, 0.2) is 0 Å². The Hall–Kier alpha value is -1.85. The largest absolute Gasteiger partial charge is 0.481 e. The molecule has 1 atom stereocenters. The number of rotatable bonds is 6. The monoisotopic (exact) mass is 225 g/mol. The molecule has 6 heteroatoms. The quantitative estimate of drug-likeness (QED) is 0.475. The first kappa shape index (κ1) is 12.2. The molecule has 0 radical (unpaired) electrons. The zero-order chi connectivity index (χ0) is 12.0. The molecule has 0 spiro atoms. The van der Waals surface area contributed by atoms with Gasteiger partial charge in [-0.2, -0.15) is 0 Å². The van der Waals surface area contributed by atoms with Gasteiger partial charge in [0.2, 0.25) is 5.91 Å². The molecule has 0 fully saturated rings. The fraction of sp³-hybridized carbons (Fsp3) is 0.500. The Balaban J connectivity index is 2.16. The smallest absolute Gasteiger partial charge is 0.315 e. The second-order valence-electron chi connectivity index (χ2n) is 3.49. The fourth-order valence-corrected chi connectivity index (χ4v) is 1.17. The molecular formula is C10H15N3O3. The van der Waals surface area contributed by atoms with Crippen LogP contribution in [0, 0.1) is 5.92 Å². The number of nitrogens with one attached hydrogen (secondary N) is 2. The van der Waals surface area contributed by atoms with E-state index in [2.05, 4.69) is 15.3 Å². The molecule has 1 unspecified atom stereocenters. The molecule has 0 saturated heterocycles. The minimum Gasteiger partial charge on any atom is -0.481 e. The van der Waals surface area contributed by atoms with E-state index in [0.717, 1.165) is 18.7 Å². The van der Waals surface area contributed by atoms with Crippen LogP contribution in [-0.4, -0.2) is 33.5 Å². The van der Waals surface area contributed by atoms with Crippen LogP contribution in [0.4, 0.5) is 0 Å². The lowest BCUT2D eigenvalue weighted by atomic mass is 10.1. The molecule has 88 valence electrons. The molecule has 0 saturated carbocycles. The second-order valence-corrected chi connectivity index (χ2v) is 3.49. The van der Waals surface area contributed by atoms with Crippen molar-refractivity contribution in [3.05, 3.63) is 18.2 Å². The Labute approximate surface area is 93.1 Å². The van der Waals surface area contributed by atoms with Gasteiger partial charge in [0.25, 0.3) is 0 Å². The third-order valence-electron chi connectivity index (χ3n) is 2.21. The number of carboxylic acids is 1. The van der Waals surface area contributed by atoms with Crippen LogP contribution >= 0.6 is 0 Å². The van der Waals surface area contributed by atoms with Gasteiger partial charge in [-0.15, -0.1) is 0 Å². The molecule has 1 amide bonds. The summed E-state index contributed by atoms with van der Waals surface area (Å²) in [4.78, 5) is 28.7. The molecule has 1 aromatic rings. The van der Waals surface area contributed by atoms with Gasteiger partial charge in [-0.1, -0.05) is 0 Å². The lowest BCUT2D eigenvalue weighted by Gasteiger charge is -2.07. The van der Waals surface area contributed by atoms with E-state index in [1.807, 2.05) is 0 Å². The Kier molecular flexibility index (Phi) is 4.50. The number of aryl methyl sites for hydroxylation is 1. The van der Waals surface area contributed by atoms with Crippen LogP contribution in [0.2, 0.25) is 0 Å². The van der Waals surface area contributed by atoms with E-state index in [-0.39, 0.29) is 0 Å². The minimum atomic E-state index is -1.11. The maximum absolute atomic E-state index is 11.2. The van der Waals surface area contributed by atoms with Crippen molar-refractivity contribution < 1.29 is 14.7 Å². The first-order chi connectivity index (χ1) is 7.61. The maximum atomic E-state index is 11.2. The average molecular weight is 225 g/mol. The number of hydrogen-bond acceptors (Lipinski definition) is 3. The number of amides is 1. The lowest BCUT2D eigenvalue weighted by Crippen LogP contribution is -2.34. The highest BCUT2D eigenvalue weighted by Crippen LogP contribution is 1.96. The van der Waals surface area contributed by atoms with Crippen molar-refractivity contribution in [2.24, 2.45) is 5.92 Å². The third kappa shape index (κ3) is 3.72. The predicted molar refractivity (Wildman–Crippen MR) is 56.7 cm³/mol. The summed E-state index contributed by atoms with van der Waals surface area (Å²) in [7, 11) is 0. The van der Waals surface area contributed by atoms with E-state index in [1.54, 1.807) is 12.4 Å². The molecule has 6 nitrogen and oxygen atoms in total. The maximum Gasteiger partial charge on any atom is 0.315 e. The molecule has 3 N–H and O–H groups in total. The van der Waals surface area contributed by atoms with Crippen molar-refractivity contribution >= 4 is 11.9 Å². The van der Waals surface area contributed by atoms with E-state index in [9.17, 15) is 9.59 Å². The van der Waals surface area contributed by atoms with Crippen molar-refractivity contribution in [1.82, 2.24) is 15.3 Å². The third-order valence-corrected chi connectivity index (χ3v) is 2.21. The van der Waals surface area contributed by atoms with Crippen LogP contribution in [0.25, 0.3) is 0 Å². The molecule has 0 aliphatic heterocycles. The van der Waals surface area contributed by atoms with Crippen LogP contribution < -0.4 is 5.32 Å². The van der Waals surface area contributed by atoms with Gasteiger partial charge in [-0.25, -0.2) is 4.98 Å². The van der Waals surface area contributed by atoms with Crippen molar-refractivity contribution in [3.8, 4) is 0 Å². The normalized spacial score (nSPS) is 12.1. The highest BCUT2D eigenvalue weighted by atomic mass is 16.4. The van der Waals surface area contributed by atoms with Gasteiger partial charge >= 0.3 is 5.97 Å². The van der Waals surface area contributed by atoms with E-state index >= 15 is 0 Å². The first-order valence-corrected chi connectivity index (χ1v) is 5.10. The zero-order valence-corrected chi connectivity index (χ0v) is 9.06. The summed E-state index contributed by atoms with van der Waals surface area (Å²) in [5.74, 6) is -1.69. The zero-order valence-electron chi connectivity index (χ0n) is 9.06. The van der Waals surface area contributed by atoms with Crippen LogP contribution in [0.1, 0.15) is 19.2 Å². The number of carbonyl (C=O) groups excluding carboxylic acids is 1. The number of carboxylic acid groups (broad SMARTS) is 1. The number of nitrogens with zero attached hydrogens (tertiary/aromatic N) is 1. The molecule has 1 heterocycles. The van der Waals surface area contributed by atoms with Crippen molar-refractivity contribution in [1.29, 1.82) is 0 Å². The standard InChI is InChI=1S/C10H15N3O3/c1-7(10(15)16)9(14)13-4-2-3-8-11-5-6-12-8/h5-7H,2-4H2,1H3,(H,11,12)(H,13,14)(H,15,16). The summed E-state index contributed by atoms with van der Waals surface area (Å²) in [5, 5.41) is 11.1. The second kappa shape index (κ2) is 5.89. The summed E-state index contributed by atoms with van der Waals surface area (Å²) in [5.41, 5.74) is 0. The topological polar surface area (TPSA) is 95.1 Å². The van der Waals surface area contributed by atoms with Crippen LogP contribution in [0.15, 0.2) is 12.4 Å². The number of aromatic amines is 1. The van der Waals surface area contributed by atoms with Crippen LogP contribution in [-0.2, 0) is 16.0 Å². The Morgan fingerprint density at radius 1 is 1.62 bits per heavy atom. The highest BCUT2D eigenvalue weighted by molar-refractivity contribution is 5.96. The van der Waals surface area contributed by atoms with E-state index in [4.69, 9.17) is 5.11 Å². The highest BCUT2D eigenvalue weighted by Gasteiger charge is 2.19. The number of hydrogen-bond donors (Lipinski definition) is 3. The van der Waals surface area contributed by atoms with Crippen molar-refractivity contribution in [2.75, 3.05) is 6.54 Å². The molecule has 1 aromatic heterocycles. The molecule has 1 rings (SSSR count). The first-order valence-electron chi connectivity index (χ1n) is 5.10. The van der Waals surface area contributed by atoms with E-state index < -0.39 is 17.8 Å². The molecule has 0 aromatic carbocycles. The summed E-state index contributed by atoms with van der Waals surface area (Å²) in [6, 6.07) is 0. The summed E-state index contributed by atoms with van der Waals surface area (Å²) in [6.45, 7) is 1.82. The van der Waals surface area contributed by atoms with Crippen LogP contribution in [0.5, 0.6) is 0 Å². The Bertz CT molecular complexity index is 348. The van der Waals surface area contributed by atoms with Crippen molar-refractivity contribution in [3.63, 3.8) is 0 Å². The number of carbonyl (C=O) groups is 2. The number of aliphatic carboxylic acids is 1. The number of aromatic nitrogens is 2. The Morgan fingerprint density at radius 3 is 2.94 bits per heavy atom. The van der Waals surface area contributed by atoms with Gasteiger partial charge in [0, 0.05) is 25.4 Å². The van der Waals surface area contributed by atoms with Gasteiger partial charge in [-0.05, 0) is 13.3 Å². The van der Waals surface area contributed by atoms with E-state index in [0.29, 0.717) is 6.54 Å². The number of H-pyrrole nitrogens is 1. The molecular weight excluding hydrogens is 210 g/mol. The van der Waals surface area contributed by atoms with Gasteiger partial charge in [0.05, 0.1) is 0 Å². The van der Waals surface area contributed by atoms with Crippen LogP contribution in [0.3, 0.4) is 0 Å². The average Bonchev–Trinajstić information content (AvgIpc) is 2.75. The summed E-state index contributed by atoms with van der Waals surface area (Å²) in [6.07, 6.45) is 4.86. The SMILES string of the molecule is CC(C(=O)O)C(=O)NCCCc1ncc[nH]1. The number of imidazole rings is 1. The predicted octanol–water partition coefficient (Wildman–Crippen LogP) is 0.179.